The summed E-state index contributed by atoms with van der Waals surface area (Å²) in [6.07, 6.45) is 0. The van der Waals surface area contributed by atoms with E-state index in [-0.39, 0.29) is 5.82 Å². The highest BCUT2D eigenvalue weighted by atomic mass is 35.5. The van der Waals surface area contributed by atoms with Gasteiger partial charge in [0.15, 0.2) is 0 Å². The first-order chi connectivity index (χ1) is 6.65. The van der Waals surface area contributed by atoms with Crippen LogP contribution in [0.4, 0.5) is 10.1 Å². The van der Waals surface area contributed by atoms with Gasteiger partial charge >= 0.3 is 0 Å². The Hall–Kier alpha value is -1.06. The molecule has 0 amide bonds. The Labute approximate surface area is 89.9 Å². The van der Waals surface area contributed by atoms with Crippen LogP contribution in [0.3, 0.4) is 0 Å². The molecule has 0 saturated heterocycles. The van der Waals surface area contributed by atoms with E-state index in [0.29, 0.717) is 10.0 Å². The standard InChI is InChI=1S/C10H7ClFNS/c11-10-2-1-9(14-10)6-3-7(12)5-8(13)4-6/h1-5H,13H2. The molecule has 0 aliphatic heterocycles. The average Bonchev–Trinajstić information content (AvgIpc) is 2.50. The molecule has 0 spiro atoms. The maximum Gasteiger partial charge on any atom is 0.125 e. The second-order valence-electron chi connectivity index (χ2n) is 2.88. The molecular weight excluding hydrogens is 221 g/mol. The van der Waals surface area contributed by atoms with Crippen LogP contribution >= 0.6 is 22.9 Å². The fourth-order valence-electron chi connectivity index (χ4n) is 1.22. The number of halogens is 2. The van der Waals surface area contributed by atoms with E-state index in [1.165, 1.54) is 23.5 Å². The second kappa shape index (κ2) is 3.59. The summed E-state index contributed by atoms with van der Waals surface area (Å²) in [6.45, 7) is 0. The number of hydrogen-bond donors (Lipinski definition) is 1. The summed E-state index contributed by atoms with van der Waals surface area (Å²) in [6, 6.07) is 8.09. The van der Waals surface area contributed by atoms with Crippen molar-refractivity contribution in [3.8, 4) is 10.4 Å². The lowest BCUT2D eigenvalue weighted by atomic mass is 10.1. The molecule has 0 radical (unpaired) electrons. The highest BCUT2D eigenvalue weighted by molar-refractivity contribution is 7.19. The van der Waals surface area contributed by atoms with E-state index in [0.717, 1.165) is 10.4 Å². The van der Waals surface area contributed by atoms with Crippen LogP contribution in [-0.4, -0.2) is 0 Å². The van der Waals surface area contributed by atoms with Crippen molar-refractivity contribution in [1.29, 1.82) is 0 Å². The van der Waals surface area contributed by atoms with E-state index in [2.05, 4.69) is 0 Å². The molecule has 1 aromatic carbocycles. The number of nitrogens with two attached hydrogens (primary N) is 1. The molecule has 14 heavy (non-hydrogen) atoms. The van der Waals surface area contributed by atoms with Crippen molar-refractivity contribution < 1.29 is 4.39 Å². The summed E-state index contributed by atoms with van der Waals surface area (Å²) >= 11 is 7.18. The number of nitrogen functional groups attached to an aromatic ring is 1. The lowest BCUT2D eigenvalue weighted by Gasteiger charge is -1.99. The van der Waals surface area contributed by atoms with E-state index in [1.54, 1.807) is 12.1 Å². The van der Waals surface area contributed by atoms with Gasteiger partial charge in [-0.3, -0.25) is 0 Å². The zero-order valence-corrected chi connectivity index (χ0v) is 8.70. The van der Waals surface area contributed by atoms with Crippen molar-refractivity contribution in [3.63, 3.8) is 0 Å². The van der Waals surface area contributed by atoms with Gasteiger partial charge in [0, 0.05) is 10.6 Å². The highest BCUT2D eigenvalue weighted by Crippen LogP contribution is 2.32. The molecule has 72 valence electrons. The van der Waals surface area contributed by atoms with E-state index in [1.807, 2.05) is 6.07 Å². The molecule has 0 aliphatic carbocycles. The predicted molar refractivity (Wildman–Crippen MR) is 59.1 cm³/mol. The lowest BCUT2D eigenvalue weighted by Crippen LogP contribution is -1.86. The number of benzene rings is 1. The van der Waals surface area contributed by atoms with Crippen LogP contribution in [0.1, 0.15) is 0 Å². The van der Waals surface area contributed by atoms with Crippen LogP contribution in [0.25, 0.3) is 10.4 Å². The Bertz CT molecular complexity index is 447. The highest BCUT2D eigenvalue weighted by Gasteiger charge is 2.04. The topological polar surface area (TPSA) is 26.0 Å². The van der Waals surface area contributed by atoms with E-state index < -0.39 is 0 Å². The van der Waals surface area contributed by atoms with Gasteiger partial charge in [-0.1, -0.05) is 11.6 Å². The minimum atomic E-state index is -0.329. The van der Waals surface area contributed by atoms with Gasteiger partial charge in [-0.25, -0.2) is 4.39 Å². The third kappa shape index (κ3) is 1.89. The largest absolute Gasteiger partial charge is 0.399 e. The first-order valence-electron chi connectivity index (χ1n) is 3.97. The zero-order chi connectivity index (χ0) is 10.1. The van der Waals surface area contributed by atoms with Gasteiger partial charge < -0.3 is 5.73 Å². The van der Waals surface area contributed by atoms with Crippen LogP contribution in [0.15, 0.2) is 30.3 Å². The van der Waals surface area contributed by atoms with Crippen LogP contribution in [-0.2, 0) is 0 Å². The Balaban J connectivity index is 2.51. The minimum absolute atomic E-state index is 0.329. The zero-order valence-electron chi connectivity index (χ0n) is 7.13. The minimum Gasteiger partial charge on any atom is -0.399 e. The summed E-state index contributed by atoms with van der Waals surface area (Å²) < 4.78 is 13.7. The van der Waals surface area contributed by atoms with Crippen LogP contribution in [0.2, 0.25) is 4.34 Å². The number of thiophene rings is 1. The molecule has 1 aromatic heterocycles. The molecule has 0 atom stereocenters. The maximum absolute atomic E-state index is 13.0. The van der Waals surface area contributed by atoms with Gasteiger partial charge in [0.25, 0.3) is 0 Å². The summed E-state index contributed by atoms with van der Waals surface area (Å²) in [4.78, 5) is 0.918. The molecule has 0 fully saturated rings. The fraction of sp³-hybridized carbons (Fsp3) is 0. The van der Waals surface area contributed by atoms with Crippen LogP contribution in [0.5, 0.6) is 0 Å². The molecule has 0 unspecified atom stereocenters. The molecule has 2 aromatic rings. The SMILES string of the molecule is Nc1cc(F)cc(-c2ccc(Cl)s2)c1. The van der Waals surface area contributed by atoms with Gasteiger partial charge in [-0.2, -0.15) is 0 Å². The molecular formula is C10H7ClFNS. The summed E-state index contributed by atoms with van der Waals surface area (Å²) in [7, 11) is 0. The number of hydrogen-bond acceptors (Lipinski definition) is 2. The van der Waals surface area contributed by atoms with Crippen molar-refractivity contribution in [2.45, 2.75) is 0 Å². The second-order valence-corrected chi connectivity index (χ2v) is 4.59. The molecule has 0 saturated carbocycles. The molecule has 0 bridgehead atoms. The molecule has 1 heterocycles. The third-order valence-electron chi connectivity index (χ3n) is 1.78. The Kier molecular flexibility index (Phi) is 2.44. The Morgan fingerprint density at radius 3 is 2.57 bits per heavy atom. The van der Waals surface area contributed by atoms with E-state index in [4.69, 9.17) is 17.3 Å². The van der Waals surface area contributed by atoms with Crippen molar-refractivity contribution in [2.24, 2.45) is 0 Å². The van der Waals surface area contributed by atoms with Gasteiger partial charge in [0.05, 0.1) is 4.34 Å². The Morgan fingerprint density at radius 2 is 2.00 bits per heavy atom. The van der Waals surface area contributed by atoms with Crippen molar-refractivity contribution in [3.05, 3.63) is 40.5 Å². The molecule has 4 heteroatoms. The number of rotatable bonds is 1. The lowest BCUT2D eigenvalue weighted by molar-refractivity contribution is 0.629. The Morgan fingerprint density at radius 1 is 1.21 bits per heavy atom. The first-order valence-corrected chi connectivity index (χ1v) is 5.16. The molecule has 2 rings (SSSR count). The van der Waals surface area contributed by atoms with Crippen LogP contribution in [0, 0.1) is 5.82 Å². The molecule has 1 nitrogen and oxygen atoms in total. The van der Waals surface area contributed by atoms with Crippen molar-refractivity contribution in [2.75, 3.05) is 5.73 Å². The summed E-state index contributed by atoms with van der Waals surface area (Å²) in [5.41, 5.74) is 6.72. The van der Waals surface area contributed by atoms with Crippen molar-refractivity contribution >= 4 is 28.6 Å². The quantitative estimate of drug-likeness (QED) is 0.737. The first kappa shape index (κ1) is 9.49. The third-order valence-corrected chi connectivity index (χ3v) is 3.06. The fourth-order valence-corrected chi connectivity index (χ4v) is 2.25. The summed E-state index contributed by atoms with van der Waals surface area (Å²) in [5, 5.41) is 0. The van der Waals surface area contributed by atoms with E-state index >= 15 is 0 Å². The number of anilines is 1. The normalized spacial score (nSPS) is 10.4. The van der Waals surface area contributed by atoms with Crippen molar-refractivity contribution in [1.82, 2.24) is 0 Å². The molecule has 0 aliphatic rings. The van der Waals surface area contributed by atoms with Gasteiger partial charge in [-0.05, 0) is 35.9 Å². The summed E-state index contributed by atoms with van der Waals surface area (Å²) in [5.74, 6) is -0.329. The maximum atomic E-state index is 13.0. The van der Waals surface area contributed by atoms with Gasteiger partial charge in [0.1, 0.15) is 5.82 Å². The van der Waals surface area contributed by atoms with Crippen LogP contribution < -0.4 is 5.73 Å². The average molecular weight is 228 g/mol. The van der Waals surface area contributed by atoms with Gasteiger partial charge in [-0.15, -0.1) is 11.3 Å². The monoisotopic (exact) mass is 227 g/mol. The van der Waals surface area contributed by atoms with E-state index in [9.17, 15) is 4.39 Å². The van der Waals surface area contributed by atoms with Gasteiger partial charge in [0.2, 0.25) is 0 Å². The smallest absolute Gasteiger partial charge is 0.125 e. The predicted octanol–water partition coefficient (Wildman–Crippen LogP) is 3.79. The molecule has 2 N–H and O–H groups in total.